The van der Waals surface area contributed by atoms with Gasteiger partial charge in [-0.25, -0.2) is 9.64 Å². The number of carboxylic acids is 1. The molecular formula is C10H6N2O2. The number of aromatic amines is 1. The van der Waals surface area contributed by atoms with Crippen molar-refractivity contribution in [3.05, 3.63) is 41.4 Å². The Hall–Kier alpha value is -2.28. The molecular weight excluding hydrogens is 180 g/mol. The molecule has 0 aliphatic heterocycles. The number of hydrogen-bond donors (Lipinski definition) is 2. The Bertz CT molecular complexity index is 549. The molecule has 0 amide bonds. The van der Waals surface area contributed by atoms with Gasteiger partial charge in [0.15, 0.2) is 5.69 Å². The molecule has 2 aromatic rings. The van der Waals surface area contributed by atoms with E-state index in [1.54, 1.807) is 18.2 Å². The third kappa shape index (κ3) is 1.12. The monoisotopic (exact) mass is 186 g/mol. The first-order valence-electron chi connectivity index (χ1n) is 3.94. The van der Waals surface area contributed by atoms with Crippen molar-refractivity contribution in [1.29, 1.82) is 0 Å². The molecule has 0 radical (unpaired) electrons. The summed E-state index contributed by atoms with van der Waals surface area (Å²) in [5, 5.41) is 9.45. The first kappa shape index (κ1) is 8.32. The maximum absolute atomic E-state index is 10.8. The molecule has 2 N–H and O–H groups in total. The van der Waals surface area contributed by atoms with Crippen LogP contribution in [-0.2, 0) is 0 Å². The molecule has 68 valence electrons. The summed E-state index contributed by atoms with van der Waals surface area (Å²) in [6.45, 7) is 6.81. The number of aromatic nitrogens is 1. The Morgan fingerprint density at radius 2 is 2.29 bits per heavy atom. The minimum atomic E-state index is -0.966. The van der Waals surface area contributed by atoms with E-state index < -0.39 is 5.97 Å². The van der Waals surface area contributed by atoms with E-state index in [2.05, 4.69) is 9.83 Å². The van der Waals surface area contributed by atoms with E-state index in [1.807, 2.05) is 0 Å². The van der Waals surface area contributed by atoms with Gasteiger partial charge in [0.1, 0.15) is 0 Å². The number of rotatable bonds is 1. The van der Waals surface area contributed by atoms with Crippen LogP contribution in [0.2, 0.25) is 0 Å². The Balaban J connectivity index is 2.73. The molecule has 0 aliphatic rings. The maximum Gasteiger partial charge on any atom is 0.337 e. The van der Waals surface area contributed by atoms with Crippen LogP contribution in [0.5, 0.6) is 0 Å². The zero-order chi connectivity index (χ0) is 10.1. The minimum Gasteiger partial charge on any atom is -0.478 e. The number of benzene rings is 1. The van der Waals surface area contributed by atoms with Crippen LogP contribution in [0.4, 0.5) is 5.69 Å². The lowest BCUT2D eigenvalue weighted by molar-refractivity contribution is 0.0699. The predicted octanol–water partition coefficient (Wildman–Crippen LogP) is 2.42. The van der Waals surface area contributed by atoms with Crippen molar-refractivity contribution in [1.82, 2.24) is 4.98 Å². The molecule has 0 atom stereocenters. The van der Waals surface area contributed by atoms with E-state index in [1.165, 1.54) is 6.20 Å². The van der Waals surface area contributed by atoms with Gasteiger partial charge in [-0.2, -0.15) is 0 Å². The summed E-state index contributed by atoms with van der Waals surface area (Å²) >= 11 is 0. The van der Waals surface area contributed by atoms with E-state index in [9.17, 15) is 4.79 Å². The van der Waals surface area contributed by atoms with Crippen molar-refractivity contribution in [3.63, 3.8) is 0 Å². The lowest BCUT2D eigenvalue weighted by atomic mass is 10.1. The molecule has 4 heteroatoms. The third-order valence-electron chi connectivity index (χ3n) is 2.02. The van der Waals surface area contributed by atoms with E-state index in [0.717, 1.165) is 0 Å². The second-order valence-corrected chi connectivity index (χ2v) is 2.85. The van der Waals surface area contributed by atoms with Gasteiger partial charge in [0.05, 0.1) is 12.1 Å². The standard InChI is InChI=1S/C10H6N2O2/c1-11-6-2-3-7-8(10(13)14)5-12-9(7)4-6/h2-5,12H,(H,13,14). The topological polar surface area (TPSA) is 57.4 Å². The molecule has 0 bridgehead atoms. The molecule has 14 heavy (non-hydrogen) atoms. The van der Waals surface area contributed by atoms with Gasteiger partial charge in [0, 0.05) is 17.1 Å². The van der Waals surface area contributed by atoms with E-state index in [4.69, 9.17) is 11.7 Å². The number of nitrogens with zero attached hydrogens (tertiary/aromatic N) is 1. The zero-order valence-electron chi connectivity index (χ0n) is 7.11. The maximum atomic E-state index is 10.8. The molecule has 0 saturated carbocycles. The van der Waals surface area contributed by atoms with E-state index in [0.29, 0.717) is 16.6 Å². The highest BCUT2D eigenvalue weighted by atomic mass is 16.4. The highest BCUT2D eigenvalue weighted by molar-refractivity contribution is 6.03. The van der Waals surface area contributed by atoms with Crippen molar-refractivity contribution in [2.24, 2.45) is 0 Å². The van der Waals surface area contributed by atoms with Gasteiger partial charge in [-0.3, -0.25) is 0 Å². The lowest BCUT2D eigenvalue weighted by Crippen LogP contribution is -1.93. The normalized spacial score (nSPS) is 9.93. The van der Waals surface area contributed by atoms with Crippen LogP contribution in [-0.4, -0.2) is 16.1 Å². The number of carbonyl (C=O) groups is 1. The van der Waals surface area contributed by atoms with E-state index >= 15 is 0 Å². The number of carboxylic acid groups (broad SMARTS) is 1. The van der Waals surface area contributed by atoms with Crippen molar-refractivity contribution in [3.8, 4) is 0 Å². The summed E-state index contributed by atoms with van der Waals surface area (Å²) in [5.41, 5.74) is 1.41. The summed E-state index contributed by atoms with van der Waals surface area (Å²) in [5.74, 6) is -0.966. The molecule has 1 aromatic heterocycles. The quantitative estimate of drug-likeness (QED) is 0.672. The summed E-state index contributed by atoms with van der Waals surface area (Å²) in [6, 6.07) is 4.88. The predicted molar refractivity (Wildman–Crippen MR) is 51.5 cm³/mol. The SMILES string of the molecule is [C-]#[N+]c1ccc2c(C(=O)O)c[nH]c2c1. The van der Waals surface area contributed by atoms with Crippen LogP contribution in [0.25, 0.3) is 15.7 Å². The summed E-state index contributed by atoms with van der Waals surface area (Å²) in [4.78, 5) is 16.8. The Labute approximate surface area is 79.6 Å². The number of fused-ring (bicyclic) bond motifs is 1. The highest BCUT2D eigenvalue weighted by Crippen LogP contribution is 2.23. The highest BCUT2D eigenvalue weighted by Gasteiger charge is 2.09. The van der Waals surface area contributed by atoms with Crippen LogP contribution in [0.1, 0.15) is 10.4 Å². The zero-order valence-corrected chi connectivity index (χ0v) is 7.11. The molecule has 2 rings (SSSR count). The van der Waals surface area contributed by atoms with Crippen molar-refractivity contribution in [2.45, 2.75) is 0 Å². The second-order valence-electron chi connectivity index (χ2n) is 2.85. The van der Waals surface area contributed by atoms with Crippen LogP contribution in [0.3, 0.4) is 0 Å². The second kappa shape index (κ2) is 2.89. The van der Waals surface area contributed by atoms with Crippen molar-refractivity contribution >= 4 is 22.6 Å². The van der Waals surface area contributed by atoms with Crippen molar-refractivity contribution < 1.29 is 9.90 Å². The fraction of sp³-hybridized carbons (Fsp3) is 0. The summed E-state index contributed by atoms with van der Waals surface area (Å²) in [6.07, 6.45) is 1.43. The first-order valence-corrected chi connectivity index (χ1v) is 3.94. The molecule has 4 nitrogen and oxygen atoms in total. The fourth-order valence-corrected chi connectivity index (χ4v) is 1.36. The first-order chi connectivity index (χ1) is 6.72. The van der Waals surface area contributed by atoms with E-state index in [-0.39, 0.29) is 5.56 Å². The Morgan fingerprint density at radius 1 is 1.50 bits per heavy atom. The minimum absolute atomic E-state index is 0.233. The van der Waals surface area contributed by atoms with Crippen LogP contribution >= 0.6 is 0 Å². The Morgan fingerprint density at radius 3 is 2.93 bits per heavy atom. The van der Waals surface area contributed by atoms with Gasteiger partial charge in [0.25, 0.3) is 0 Å². The molecule has 0 spiro atoms. The molecule has 0 aliphatic carbocycles. The van der Waals surface area contributed by atoms with Gasteiger partial charge in [-0.05, 0) is 6.07 Å². The fourth-order valence-electron chi connectivity index (χ4n) is 1.36. The lowest BCUT2D eigenvalue weighted by Gasteiger charge is -1.92. The van der Waals surface area contributed by atoms with Crippen LogP contribution in [0, 0.1) is 6.57 Å². The number of hydrogen-bond acceptors (Lipinski definition) is 1. The van der Waals surface area contributed by atoms with Gasteiger partial charge < -0.3 is 10.1 Å². The average molecular weight is 186 g/mol. The Kier molecular flexibility index (Phi) is 1.72. The number of H-pyrrole nitrogens is 1. The van der Waals surface area contributed by atoms with Gasteiger partial charge >= 0.3 is 5.97 Å². The van der Waals surface area contributed by atoms with Crippen LogP contribution in [0.15, 0.2) is 24.4 Å². The van der Waals surface area contributed by atoms with Crippen molar-refractivity contribution in [2.75, 3.05) is 0 Å². The average Bonchev–Trinajstić information content (AvgIpc) is 2.59. The number of nitrogens with one attached hydrogen (secondary N) is 1. The molecule has 0 fully saturated rings. The molecule has 0 unspecified atom stereocenters. The van der Waals surface area contributed by atoms with Gasteiger partial charge in [0.2, 0.25) is 0 Å². The van der Waals surface area contributed by atoms with Crippen LogP contribution < -0.4 is 0 Å². The molecule has 1 aromatic carbocycles. The summed E-state index contributed by atoms with van der Waals surface area (Å²) in [7, 11) is 0. The van der Waals surface area contributed by atoms with Gasteiger partial charge in [-0.1, -0.05) is 12.1 Å². The third-order valence-corrected chi connectivity index (χ3v) is 2.02. The largest absolute Gasteiger partial charge is 0.478 e. The molecule has 1 heterocycles. The summed E-state index contributed by atoms with van der Waals surface area (Å²) < 4.78 is 0. The van der Waals surface area contributed by atoms with Gasteiger partial charge in [-0.15, -0.1) is 0 Å². The molecule has 0 saturated heterocycles. The smallest absolute Gasteiger partial charge is 0.337 e. The number of aromatic carboxylic acids is 1.